The fraction of sp³-hybridized carbons (Fsp3) is 0.188. The maximum atomic E-state index is 12.1. The zero-order valence-electron chi connectivity index (χ0n) is 11.3. The van der Waals surface area contributed by atoms with Gasteiger partial charge in [-0.1, -0.05) is 36.4 Å². The first-order chi connectivity index (χ1) is 9.56. The van der Waals surface area contributed by atoms with E-state index in [1.807, 2.05) is 55.5 Å². The smallest absolute Gasteiger partial charge is 0.241 e. The van der Waals surface area contributed by atoms with Gasteiger partial charge in [-0.15, -0.1) is 0 Å². The summed E-state index contributed by atoms with van der Waals surface area (Å²) in [6.07, 6.45) is 0.524. The summed E-state index contributed by atoms with van der Waals surface area (Å²) in [5, 5.41) is 2.86. The van der Waals surface area contributed by atoms with Crippen LogP contribution in [0, 0.1) is 6.92 Å². The molecular weight excluding hydrogens is 316 g/mol. The summed E-state index contributed by atoms with van der Waals surface area (Å²) in [5.74, 6) is -0.180. The van der Waals surface area contributed by atoms with Crippen molar-refractivity contribution in [3.8, 4) is 0 Å². The van der Waals surface area contributed by atoms with Gasteiger partial charge in [0, 0.05) is 4.47 Å². The Balaban J connectivity index is 2.02. The van der Waals surface area contributed by atoms with Crippen molar-refractivity contribution in [2.24, 2.45) is 5.73 Å². The molecular formula is C16H17BrN2O. The van der Waals surface area contributed by atoms with Gasteiger partial charge in [0.15, 0.2) is 0 Å². The second-order valence-electron chi connectivity index (χ2n) is 4.77. The Labute approximate surface area is 127 Å². The molecule has 0 saturated heterocycles. The van der Waals surface area contributed by atoms with Crippen LogP contribution in [-0.4, -0.2) is 11.9 Å². The van der Waals surface area contributed by atoms with Crippen LogP contribution in [0.3, 0.4) is 0 Å². The van der Waals surface area contributed by atoms with Crippen LogP contribution < -0.4 is 11.1 Å². The van der Waals surface area contributed by atoms with Crippen LogP contribution >= 0.6 is 15.9 Å². The van der Waals surface area contributed by atoms with Gasteiger partial charge in [-0.2, -0.15) is 0 Å². The van der Waals surface area contributed by atoms with Gasteiger partial charge >= 0.3 is 0 Å². The molecule has 104 valence electrons. The van der Waals surface area contributed by atoms with Crippen molar-refractivity contribution in [3.63, 3.8) is 0 Å². The molecule has 20 heavy (non-hydrogen) atoms. The van der Waals surface area contributed by atoms with Crippen LogP contribution in [0.4, 0.5) is 5.69 Å². The third kappa shape index (κ3) is 3.92. The number of aryl methyl sites for hydroxylation is 1. The van der Waals surface area contributed by atoms with Gasteiger partial charge < -0.3 is 11.1 Å². The molecule has 1 atom stereocenters. The molecule has 0 aliphatic heterocycles. The molecule has 4 heteroatoms. The third-order valence-corrected chi connectivity index (χ3v) is 3.71. The number of nitrogens with one attached hydrogen (secondary N) is 1. The number of amides is 1. The van der Waals surface area contributed by atoms with Gasteiger partial charge in [0.05, 0.1) is 11.7 Å². The van der Waals surface area contributed by atoms with Gasteiger partial charge in [-0.25, -0.2) is 0 Å². The summed E-state index contributed by atoms with van der Waals surface area (Å²) >= 11 is 3.42. The summed E-state index contributed by atoms with van der Waals surface area (Å²) in [6, 6.07) is 15.0. The highest BCUT2D eigenvalue weighted by atomic mass is 79.9. The molecule has 1 amide bonds. The molecule has 0 heterocycles. The standard InChI is InChI=1S/C16H17BrN2O/c1-11-7-8-13(17)15(9-11)19-16(20)14(18)10-12-5-3-2-4-6-12/h2-9,14H,10,18H2,1H3,(H,19,20)/t14-/m0/s1. The molecule has 0 aliphatic rings. The highest BCUT2D eigenvalue weighted by molar-refractivity contribution is 9.10. The number of benzene rings is 2. The molecule has 0 unspecified atom stereocenters. The zero-order valence-corrected chi connectivity index (χ0v) is 12.9. The lowest BCUT2D eigenvalue weighted by atomic mass is 10.1. The first kappa shape index (κ1) is 14.8. The number of hydrogen-bond donors (Lipinski definition) is 2. The van der Waals surface area contributed by atoms with E-state index in [-0.39, 0.29) is 5.91 Å². The quantitative estimate of drug-likeness (QED) is 0.902. The molecule has 0 fully saturated rings. The van der Waals surface area contributed by atoms with Crippen molar-refractivity contribution < 1.29 is 4.79 Å². The van der Waals surface area contributed by atoms with Crippen molar-refractivity contribution in [2.45, 2.75) is 19.4 Å². The van der Waals surface area contributed by atoms with E-state index in [9.17, 15) is 4.79 Å². The van der Waals surface area contributed by atoms with Crippen LogP contribution in [-0.2, 0) is 11.2 Å². The van der Waals surface area contributed by atoms with Gasteiger partial charge in [-0.05, 0) is 52.5 Å². The highest BCUT2D eigenvalue weighted by Gasteiger charge is 2.15. The Morgan fingerprint density at radius 1 is 1.25 bits per heavy atom. The molecule has 2 aromatic carbocycles. The molecule has 3 N–H and O–H groups in total. The highest BCUT2D eigenvalue weighted by Crippen LogP contribution is 2.23. The predicted molar refractivity (Wildman–Crippen MR) is 85.6 cm³/mol. The molecule has 0 aliphatic carbocycles. The molecule has 0 bridgehead atoms. The van der Waals surface area contributed by atoms with Crippen molar-refractivity contribution in [3.05, 3.63) is 64.1 Å². The molecule has 0 radical (unpaired) electrons. The number of rotatable bonds is 4. The largest absolute Gasteiger partial charge is 0.324 e. The van der Waals surface area contributed by atoms with Gasteiger partial charge in [0.2, 0.25) is 5.91 Å². The Bertz CT molecular complexity index is 599. The van der Waals surface area contributed by atoms with E-state index in [0.29, 0.717) is 6.42 Å². The fourth-order valence-corrected chi connectivity index (χ4v) is 2.27. The zero-order chi connectivity index (χ0) is 14.5. The molecule has 2 aromatic rings. The molecule has 2 rings (SSSR count). The summed E-state index contributed by atoms with van der Waals surface area (Å²) in [4.78, 5) is 12.1. The lowest BCUT2D eigenvalue weighted by molar-refractivity contribution is -0.117. The lowest BCUT2D eigenvalue weighted by Crippen LogP contribution is -2.37. The predicted octanol–water partition coefficient (Wildman–Crippen LogP) is 3.27. The first-order valence-corrected chi connectivity index (χ1v) is 7.22. The second kappa shape index (κ2) is 6.68. The monoisotopic (exact) mass is 332 g/mol. The normalized spacial score (nSPS) is 11.9. The van der Waals surface area contributed by atoms with E-state index in [4.69, 9.17) is 5.73 Å². The van der Waals surface area contributed by atoms with E-state index in [1.165, 1.54) is 0 Å². The Morgan fingerprint density at radius 2 is 1.95 bits per heavy atom. The van der Waals surface area contributed by atoms with Gasteiger partial charge in [-0.3, -0.25) is 4.79 Å². The number of halogens is 1. The summed E-state index contributed by atoms with van der Waals surface area (Å²) in [6.45, 7) is 1.98. The van der Waals surface area contributed by atoms with E-state index in [1.54, 1.807) is 0 Å². The minimum Gasteiger partial charge on any atom is -0.324 e. The minimum atomic E-state index is -0.565. The minimum absolute atomic E-state index is 0.180. The number of carbonyl (C=O) groups excluding carboxylic acids is 1. The average Bonchev–Trinajstić information content (AvgIpc) is 2.44. The summed E-state index contributed by atoms with van der Waals surface area (Å²) < 4.78 is 0.850. The number of nitrogens with two attached hydrogens (primary N) is 1. The number of hydrogen-bond acceptors (Lipinski definition) is 2. The summed E-state index contributed by atoms with van der Waals surface area (Å²) in [5.41, 5.74) is 8.84. The van der Waals surface area contributed by atoms with Crippen molar-refractivity contribution in [2.75, 3.05) is 5.32 Å². The van der Waals surface area contributed by atoms with Crippen molar-refractivity contribution in [1.82, 2.24) is 0 Å². The van der Waals surface area contributed by atoms with Crippen LogP contribution in [0.5, 0.6) is 0 Å². The maximum absolute atomic E-state index is 12.1. The lowest BCUT2D eigenvalue weighted by Gasteiger charge is -2.14. The van der Waals surface area contributed by atoms with E-state index in [0.717, 1.165) is 21.3 Å². The Morgan fingerprint density at radius 3 is 2.65 bits per heavy atom. The second-order valence-corrected chi connectivity index (χ2v) is 5.62. The van der Waals surface area contributed by atoms with Gasteiger partial charge in [0.25, 0.3) is 0 Å². The molecule has 3 nitrogen and oxygen atoms in total. The fourth-order valence-electron chi connectivity index (χ4n) is 1.92. The molecule has 0 aromatic heterocycles. The van der Waals surface area contributed by atoms with E-state index in [2.05, 4.69) is 21.2 Å². The third-order valence-electron chi connectivity index (χ3n) is 3.01. The van der Waals surface area contributed by atoms with Crippen molar-refractivity contribution in [1.29, 1.82) is 0 Å². The SMILES string of the molecule is Cc1ccc(Br)c(NC(=O)[C@@H](N)Cc2ccccc2)c1. The topological polar surface area (TPSA) is 55.1 Å². The first-order valence-electron chi connectivity index (χ1n) is 6.43. The number of anilines is 1. The maximum Gasteiger partial charge on any atom is 0.241 e. The number of carbonyl (C=O) groups is 1. The van der Waals surface area contributed by atoms with Crippen LogP contribution in [0.25, 0.3) is 0 Å². The Hall–Kier alpha value is -1.65. The van der Waals surface area contributed by atoms with Gasteiger partial charge in [0.1, 0.15) is 0 Å². The van der Waals surface area contributed by atoms with Crippen LogP contribution in [0.15, 0.2) is 53.0 Å². The van der Waals surface area contributed by atoms with E-state index < -0.39 is 6.04 Å². The van der Waals surface area contributed by atoms with E-state index >= 15 is 0 Å². The van der Waals surface area contributed by atoms with Crippen LogP contribution in [0.1, 0.15) is 11.1 Å². The molecule has 0 spiro atoms. The average molecular weight is 333 g/mol. The van der Waals surface area contributed by atoms with Crippen molar-refractivity contribution >= 4 is 27.5 Å². The molecule has 0 saturated carbocycles. The summed E-state index contributed by atoms with van der Waals surface area (Å²) in [7, 11) is 0. The Kier molecular flexibility index (Phi) is 4.93. The van der Waals surface area contributed by atoms with Crippen LogP contribution in [0.2, 0.25) is 0 Å².